The van der Waals surface area contributed by atoms with Crippen LogP contribution in [-0.2, 0) is 4.74 Å². The third kappa shape index (κ3) is 5.78. The molecule has 1 aliphatic rings. The van der Waals surface area contributed by atoms with Crippen LogP contribution in [0.4, 0.5) is 4.79 Å². The second-order valence-electron chi connectivity index (χ2n) is 5.81. The van der Waals surface area contributed by atoms with Crippen LogP contribution in [0.3, 0.4) is 0 Å². The number of aliphatic hydroxyl groups excluding tert-OH is 1. The summed E-state index contributed by atoms with van der Waals surface area (Å²) in [5.74, 6) is 0.932. The van der Waals surface area contributed by atoms with Crippen LogP contribution in [-0.4, -0.2) is 55.0 Å². The van der Waals surface area contributed by atoms with Gasteiger partial charge in [-0.05, 0) is 31.6 Å². The zero-order chi connectivity index (χ0) is 14.3. The summed E-state index contributed by atoms with van der Waals surface area (Å²) in [6.07, 6.45) is 1.77. The Morgan fingerprint density at radius 2 is 2.26 bits per heavy atom. The molecule has 112 valence electrons. The first-order valence-corrected chi connectivity index (χ1v) is 7.27. The minimum absolute atomic E-state index is 0.0116. The number of hydrogen-bond donors (Lipinski definition) is 2. The van der Waals surface area contributed by atoms with Gasteiger partial charge in [-0.25, -0.2) is 4.79 Å². The molecular weight excluding hydrogens is 244 g/mol. The quantitative estimate of drug-likeness (QED) is 0.769. The first-order valence-electron chi connectivity index (χ1n) is 7.27. The van der Waals surface area contributed by atoms with E-state index in [1.165, 1.54) is 0 Å². The van der Waals surface area contributed by atoms with Crippen molar-refractivity contribution in [2.24, 2.45) is 11.8 Å². The van der Waals surface area contributed by atoms with E-state index in [1.807, 2.05) is 11.8 Å². The molecule has 2 N–H and O–H groups in total. The van der Waals surface area contributed by atoms with Crippen LogP contribution in [0.1, 0.15) is 33.6 Å². The van der Waals surface area contributed by atoms with Crippen molar-refractivity contribution in [3.63, 3.8) is 0 Å². The highest BCUT2D eigenvalue weighted by Crippen LogP contribution is 2.14. The van der Waals surface area contributed by atoms with Crippen LogP contribution in [0, 0.1) is 11.8 Å². The van der Waals surface area contributed by atoms with Crippen molar-refractivity contribution >= 4 is 6.03 Å². The van der Waals surface area contributed by atoms with E-state index in [4.69, 9.17) is 9.84 Å². The van der Waals surface area contributed by atoms with Gasteiger partial charge in [-0.2, -0.15) is 0 Å². The van der Waals surface area contributed by atoms with E-state index in [9.17, 15) is 4.79 Å². The van der Waals surface area contributed by atoms with Crippen molar-refractivity contribution in [3.05, 3.63) is 0 Å². The summed E-state index contributed by atoms with van der Waals surface area (Å²) in [5, 5.41) is 12.1. The number of urea groups is 1. The van der Waals surface area contributed by atoms with Gasteiger partial charge in [0.1, 0.15) is 0 Å². The highest BCUT2D eigenvalue weighted by Gasteiger charge is 2.24. The maximum Gasteiger partial charge on any atom is 0.317 e. The molecule has 1 heterocycles. The molecule has 0 radical (unpaired) electrons. The minimum atomic E-state index is -0.0116. The normalized spacial score (nSPS) is 21.5. The Kier molecular flexibility index (Phi) is 7.16. The number of aliphatic hydroxyl groups is 1. The molecule has 1 fully saturated rings. The minimum Gasteiger partial charge on any atom is -0.396 e. The van der Waals surface area contributed by atoms with E-state index in [0.717, 1.165) is 12.8 Å². The fourth-order valence-electron chi connectivity index (χ4n) is 2.51. The highest BCUT2D eigenvalue weighted by molar-refractivity contribution is 5.74. The first kappa shape index (κ1) is 16.2. The van der Waals surface area contributed by atoms with Crippen molar-refractivity contribution in [2.45, 2.75) is 39.7 Å². The Morgan fingerprint density at radius 1 is 1.53 bits per heavy atom. The van der Waals surface area contributed by atoms with Crippen LogP contribution >= 0.6 is 0 Å². The zero-order valence-corrected chi connectivity index (χ0v) is 12.4. The number of morpholine rings is 1. The molecule has 0 spiro atoms. The van der Waals surface area contributed by atoms with Gasteiger partial charge in [-0.3, -0.25) is 0 Å². The zero-order valence-electron chi connectivity index (χ0n) is 12.4. The molecule has 2 unspecified atom stereocenters. The molecule has 1 saturated heterocycles. The Balaban J connectivity index is 2.37. The summed E-state index contributed by atoms with van der Waals surface area (Å²) in [4.78, 5) is 13.9. The molecule has 0 aromatic heterocycles. The van der Waals surface area contributed by atoms with E-state index < -0.39 is 0 Å². The van der Waals surface area contributed by atoms with Gasteiger partial charge in [0.05, 0.1) is 19.3 Å². The Morgan fingerprint density at radius 3 is 2.84 bits per heavy atom. The molecule has 1 rings (SSSR count). The average molecular weight is 272 g/mol. The van der Waals surface area contributed by atoms with E-state index in [0.29, 0.717) is 38.1 Å². The van der Waals surface area contributed by atoms with Crippen LogP contribution < -0.4 is 5.32 Å². The summed E-state index contributed by atoms with van der Waals surface area (Å²) >= 11 is 0. The second kappa shape index (κ2) is 8.38. The first-order chi connectivity index (χ1) is 9.04. The monoisotopic (exact) mass is 272 g/mol. The third-order valence-electron chi connectivity index (χ3n) is 3.51. The summed E-state index contributed by atoms with van der Waals surface area (Å²) < 4.78 is 5.32. The highest BCUT2D eigenvalue weighted by atomic mass is 16.5. The van der Waals surface area contributed by atoms with Crippen LogP contribution in [0.5, 0.6) is 0 Å². The number of hydrogen-bond acceptors (Lipinski definition) is 3. The van der Waals surface area contributed by atoms with E-state index in [-0.39, 0.29) is 18.7 Å². The van der Waals surface area contributed by atoms with Crippen LogP contribution in [0.2, 0.25) is 0 Å². The molecule has 2 amide bonds. The summed E-state index contributed by atoms with van der Waals surface area (Å²) in [6.45, 7) is 9.03. The predicted octanol–water partition coefficient (Wildman–Crippen LogP) is 1.46. The molecule has 1 aliphatic heterocycles. The second-order valence-corrected chi connectivity index (χ2v) is 5.81. The Hall–Kier alpha value is -0.810. The maximum absolute atomic E-state index is 12.1. The van der Waals surface area contributed by atoms with Crippen LogP contribution in [0.25, 0.3) is 0 Å². The number of nitrogens with one attached hydrogen (secondary N) is 1. The SMILES string of the molecule is CC(C)CC(CCO)CNC(=O)N1CCOCC1C. The largest absolute Gasteiger partial charge is 0.396 e. The molecule has 0 bridgehead atoms. The summed E-state index contributed by atoms with van der Waals surface area (Å²) in [5.41, 5.74) is 0. The van der Waals surface area contributed by atoms with Gasteiger partial charge < -0.3 is 20.1 Å². The lowest BCUT2D eigenvalue weighted by atomic mass is 9.94. The van der Waals surface area contributed by atoms with E-state index >= 15 is 0 Å². The standard InChI is InChI=1S/C14H28N2O3/c1-11(2)8-13(4-6-17)9-15-14(18)16-5-7-19-10-12(16)3/h11-13,17H,4-10H2,1-3H3,(H,15,18). The van der Waals surface area contributed by atoms with Gasteiger partial charge in [-0.15, -0.1) is 0 Å². The van der Waals surface area contributed by atoms with Gasteiger partial charge in [0.15, 0.2) is 0 Å². The smallest absolute Gasteiger partial charge is 0.317 e. The number of nitrogens with zero attached hydrogens (tertiary/aromatic N) is 1. The maximum atomic E-state index is 12.1. The van der Waals surface area contributed by atoms with E-state index in [1.54, 1.807) is 0 Å². The third-order valence-corrected chi connectivity index (χ3v) is 3.51. The van der Waals surface area contributed by atoms with Crippen molar-refractivity contribution in [1.29, 1.82) is 0 Å². The average Bonchev–Trinajstić information content (AvgIpc) is 2.36. The number of ether oxygens (including phenoxy) is 1. The molecule has 0 aromatic carbocycles. The fraction of sp³-hybridized carbons (Fsp3) is 0.929. The molecule has 2 atom stereocenters. The lowest BCUT2D eigenvalue weighted by molar-refractivity contribution is 0.0187. The molecular formula is C14H28N2O3. The molecule has 5 heteroatoms. The number of rotatable bonds is 6. The lowest BCUT2D eigenvalue weighted by Gasteiger charge is -2.33. The molecule has 5 nitrogen and oxygen atoms in total. The van der Waals surface area contributed by atoms with Gasteiger partial charge in [0.2, 0.25) is 0 Å². The van der Waals surface area contributed by atoms with Gasteiger partial charge in [0, 0.05) is 19.7 Å². The van der Waals surface area contributed by atoms with Gasteiger partial charge in [-0.1, -0.05) is 13.8 Å². The van der Waals surface area contributed by atoms with Crippen LogP contribution in [0.15, 0.2) is 0 Å². The number of carbonyl (C=O) groups excluding carboxylic acids is 1. The Bertz CT molecular complexity index is 271. The van der Waals surface area contributed by atoms with E-state index in [2.05, 4.69) is 19.2 Å². The number of amides is 2. The van der Waals surface area contributed by atoms with Crippen molar-refractivity contribution in [1.82, 2.24) is 10.2 Å². The number of carbonyl (C=O) groups is 1. The predicted molar refractivity (Wildman–Crippen MR) is 75.0 cm³/mol. The molecule has 0 aromatic rings. The molecule has 0 aliphatic carbocycles. The lowest BCUT2D eigenvalue weighted by Crippen LogP contribution is -2.52. The van der Waals surface area contributed by atoms with Crippen molar-refractivity contribution < 1.29 is 14.6 Å². The fourth-order valence-corrected chi connectivity index (χ4v) is 2.51. The summed E-state index contributed by atoms with van der Waals surface area (Å²) in [6, 6.07) is 0.123. The van der Waals surface area contributed by atoms with Crippen molar-refractivity contribution in [2.75, 3.05) is 32.9 Å². The Labute approximate surface area is 116 Å². The molecule has 19 heavy (non-hydrogen) atoms. The van der Waals surface area contributed by atoms with Gasteiger partial charge >= 0.3 is 6.03 Å². The van der Waals surface area contributed by atoms with Crippen molar-refractivity contribution in [3.8, 4) is 0 Å². The topological polar surface area (TPSA) is 61.8 Å². The molecule has 0 saturated carbocycles. The summed E-state index contributed by atoms with van der Waals surface area (Å²) in [7, 11) is 0. The van der Waals surface area contributed by atoms with Gasteiger partial charge in [0.25, 0.3) is 0 Å².